The van der Waals surface area contributed by atoms with Gasteiger partial charge in [-0.2, -0.15) is 0 Å². The lowest BCUT2D eigenvalue weighted by atomic mass is 10.1. The number of aromatic nitrogens is 3. The largest absolute Gasteiger partial charge is 0.462 e. The van der Waals surface area contributed by atoms with Gasteiger partial charge in [0, 0.05) is 39.3 Å². The zero-order valence-corrected chi connectivity index (χ0v) is 18.6. The van der Waals surface area contributed by atoms with Gasteiger partial charge in [-0.3, -0.25) is 4.79 Å². The summed E-state index contributed by atoms with van der Waals surface area (Å²) in [4.78, 5) is 41.3. The molecule has 3 N–H and O–H groups in total. The normalized spacial score (nSPS) is 13.7. The Kier molecular flexibility index (Phi) is 8.53. The Balaban J connectivity index is 1.73. The number of rotatable bonds is 11. The first-order chi connectivity index (χ1) is 15.2. The van der Waals surface area contributed by atoms with Crippen molar-refractivity contribution in [1.82, 2.24) is 19.9 Å². The average Bonchev–Trinajstić information content (AvgIpc) is 3.25. The second kappa shape index (κ2) is 11.6. The lowest BCUT2D eigenvalue weighted by Crippen LogP contribution is -2.32. The summed E-state index contributed by atoms with van der Waals surface area (Å²) in [5.74, 6) is 0.183. The number of carbonyl (C=O) groups is 2. The second-order valence-corrected chi connectivity index (χ2v) is 8.06. The van der Waals surface area contributed by atoms with Crippen LogP contribution < -0.4 is 16.0 Å². The number of carbonyl (C=O) groups excluding carboxylic acids is 2. The van der Waals surface area contributed by atoms with Crippen LogP contribution in [0, 0.1) is 0 Å². The molecule has 0 bridgehead atoms. The highest BCUT2D eigenvalue weighted by atomic mass is 32.1. The Morgan fingerprint density at radius 3 is 2.74 bits per heavy atom. The number of nitrogens with two attached hydrogens (primary N) is 1. The molecular formula is C20H29N7O3S. The molecule has 1 aliphatic heterocycles. The first-order valence-corrected chi connectivity index (χ1v) is 11.4. The fraction of sp³-hybridized carbons (Fsp3) is 0.550. The van der Waals surface area contributed by atoms with Crippen LogP contribution in [0.1, 0.15) is 35.9 Å². The van der Waals surface area contributed by atoms with Gasteiger partial charge < -0.3 is 25.6 Å². The molecule has 0 radical (unpaired) electrons. The van der Waals surface area contributed by atoms with E-state index in [1.807, 2.05) is 0 Å². The molecule has 0 spiro atoms. The highest BCUT2D eigenvalue weighted by Gasteiger charge is 2.25. The van der Waals surface area contributed by atoms with E-state index in [0.717, 1.165) is 37.5 Å². The van der Waals surface area contributed by atoms with Crippen molar-refractivity contribution in [3.05, 3.63) is 17.3 Å². The lowest BCUT2D eigenvalue weighted by Gasteiger charge is -2.25. The molecule has 0 unspecified atom stereocenters. The van der Waals surface area contributed by atoms with Crippen LogP contribution in [0.15, 0.2) is 12.4 Å². The van der Waals surface area contributed by atoms with E-state index in [2.05, 4.69) is 20.2 Å². The third-order valence-electron chi connectivity index (χ3n) is 4.87. The summed E-state index contributed by atoms with van der Waals surface area (Å²) >= 11 is 1.35. The first-order valence-electron chi connectivity index (χ1n) is 10.5. The molecule has 0 atom stereocenters. The van der Waals surface area contributed by atoms with Crippen molar-refractivity contribution in [2.75, 3.05) is 56.1 Å². The number of amides is 1. The Morgan fingerprint density at radius 1 is 1.29 bits per heavy atom. The Bertz CT molecular complexity index is 853. The van der Waals surface area contributed by atoms with Crippen molar-refractivity contribution in [2.45, 2.75) is 26.2 Å². The maximum atomic E-state index is 12.5. The van der Waals surface area contributed by atoms with Gasteiger partial charge in [0.05, 0.1) is 19.0 Å². The number of nitrogens with one attached hydrogen (secondary N) is 1. The average molecular weight is 448 g/mol. The van der Waals surface area contributed by atoms with Gasteiger partial charge in [-0.1, -0.05) is 11.3 Å². The molecule has 0 saturated carbocycles. The molecule has 1 fully saturated rings. The number of hydrogen-bond donors (Lipinski definition) is 2. The SMILES string of the molecule is CCOC(=O)c1sc(N2CCCCC2)nc1-c1cnc(NCCN(C=O)CCN)cn1. The van der Waals surface area contributed by atoms with Gasteiger partial charge in [0.1, 0.15) is 22.1 Å². The standard InChI is InChI=1S/C20H29N7O3S/c1-2-30-19(29)18-17(25-20(31-18)27-8-4-3-5-9-27)15-12-24-16(13-23-15)22-7-11-26(14-28)10-6-21/h12-14H,2-11,21H2,1H3,(H,22,24). The summed E-state index contributed by atoms with van der Waals surface area (Å²) in [6.07, 6.45) is 7.43. The first kappa shape index (κ1) is 22.9. The molecule has 31 heavy (non-hydrogen) atoms. The molecule has 168 valence electrons. The number of thiazole rings is 1. The molecule has 1 aliphatic rings. The third-order valence-corrected chi connectivity index (χ3v) is 5.96. The second-order valence-electron chi connectivity index (χ2n) is 7.09. The molecule has 3 heterocycles. The number of anilines is 2. The predicted molar refractivity (Wildman–Crippen MR) is 120 cm³/mol. The zero-order valence-electron chi connectivity index (χ0n) is 17.7. The third kappa shape index (κ3) is 6.11. The van der Waals surface area contributed by atoms with Crippen LogP contribution in [0.4, 0.5) is 10.9 Å². The van der Waals surface area contributed by atoms with E-state index in [1.165, 1.54) is 17.8 Å². The van der Waals surface area contributed by atoms with Crippen molar-refractivity contribution < 1.29 is 14.3 Å². The van der Waals surface area contributed by atoms with Crippen molar-refractivity contribution in [3.8, 4) is 11.4 Å². The highest BCUT2D eigenvalue weighted by Crippen LogP contribution is 2.34. The van der Waals surface area contributed by atoms with E-state index in [-0.39, 0.29) is 0 Å². The number of esters is 1. The summed E-state index contributed by atoms with van der Waals surface area (Å²) in [5.41, 5.74) is 6.49. The molecule has 1 saturated heterocycles. The van der Waals surface area contributed by atoms with Crippen LogP contribution in [0.5, 0.6) is 0 Å². The van der Waals surface area contributed by atoms with E-state index in [0.29, 0.717) is 54.9 Å². The van der Waals surface area contributed by atoms with E-state index < -0.39 is 5.97 Å². The van der Waals surface area contributed by atoms with Gasteiger partial charge in [0.25, 0.3) is 0 Å². The Morgan fingerprint density at radius 2 is 2.10 bits per heavy atom. The number of nitrogens with zero attached hydrogens (tertiary/aromatic N) is 5. The van der Waals surface area contributed by atoms with Gasteiger partial charge in [-0.15, -0.1) is 0 Å². The van der Waals surface area contributed by atoms with E-state index >= 15 is 0 Å². The lowest BCUT2D eigenvalue weighted by molar-refractivity contribution is -0.117. The van der Waals surface area contributed by atoms with E-state index in [4.69, 9.17) is 15.5 Å². The molecule has 0 aliphatic carbocycles. The smallest absolute Gasteiger partial charge is 0.350 e. The van der Waals surface area contributed by atoms with Crippen LogP contribution >= 0.6 is 11.3 Å². The summed E-state index contributed by atoms with van der Waals surface area (Å²) in [5, 5.41) is 3.94. The van der Waals surface area contributed by atoms with Crippen LogP contribution in [0.2, 0.25) is 0 Å². The summed E-state index contributed by atoms with van der Waals surface area (Å²) in [6, 6.07) is 0. The molecule has 0 aromatic carbocycles. The molecule has 11 heteroatoms. The van der Waals surface area contributed by atoms with Crippen LogP contribution in [0.3, 0.4) is 0 Å². The monoisotopic (exact) mass is 447 g/mol. The minimum Gasteiger partial charge on any atom is -0.462 e. The molecule has 2 aromatic heterocycles. The molecule has 10 nitrogen and oxygen atoms in total. The topological polar surface area (TPSA) is 127 Å². The maximum Gasteiger partial charge on any atom is 0.350 e. The van der Waals surface area contributed by atoms with Gasteiger partial charge in [-0.05, 0) is 26.2 Å². The summed E-state index contributed by atoms with van der Waals surface area (Å²) in [6.45, 7) is 5.92. The number of ether oxygens (including phenoxy) is 1. The van der Waals surface area contributed by atoms with Gasteiger partial charge in [0.15, 0.2) is 5.13 Å². The molecule has 2 aromatic rings. The van der Waals surface area contributed by atoms with Crippen LogP contribution in [-0.2, 0) is 9.53 Å². The molecule has 3 rings (SSSR count). The summed E-state index contributed by atoms with van der Waals surface area (Å²) < 4.78 is 5.23. The number of piperidine rings is 1. The van der Waals surface area contributed by atoms with Crippen LogP contribution in [-0.4, -0.2) is 78.1 Å². The van der Waals surface area contributed by atoms with Crippen molar-refractivity contribution in [1.29, 1.82) is 0 Å². The quantitative estimate of drug-likeness (QED) is 0.390. The predicted octanol–water partition coefficient (Wildman–Crippen LogP) is 1.60. The van der Waals surface area contributed by atoms with Crippen molar-refractivity contribution in [3.63, 3.8) is 0 Å². The van der Waals surface area contributed by atoms with E-state index in [9.17, 15) is 9.59 Å². The number of hydrogen-bond acceptors (Lipinski definition) is 10. The van der Waals surface area contributed by atoms with Crippen LogP contribution in [0.25, 0.3) is 11.4 Å². The van der Waals surface area contributed by atoms with Gasteiger partial charge in [-0.25, -0.2) is 19.7 Å². The minimum atomic E-state index is -0.392. The van der Waals surface area contributed by atoms with Crippen molar-refractivity contribution in [2.24, 2.45) is 5.73 Å². The Hall–Kier alpha value is -2.79. The summed E-state index contributed by atoms with van der Waals surface area (Å²) in [7, 11) is 0. The van der Waals surface area contributed by atoms with Gasteiger partial charge >= 0.3 is 5.97 Å². The molecular weight excluding hydrogens is 418 g/mol. The molecule has 1 amide bonds. The maximum absolute atomic E-state index is 12.5. The van der Waals surface area contributed by atoms with E-state index in [1.54, 1.807) is 24.2 Å². The highest BCUT2D eigenvalue weighted by molar-refractivity contribution is 7.17. The fourth-order valence-corrected chi connectivity index (χ4v) is 4.31. The van der Waals surface area contributed by atoms with Crippen molar-refractivity contribution >= 4 is 34.7 Å². The van der Waals surface area contributed by atoms with Gasteiger partial charge in [0.2, 0.25) is 6.41 Å². The fourth-order valence-electron chi connectivity index (χ4n) is 3.29. The minimum absolute atomic E-state index is 0.297. The Labute approximate surface area is 185 Å². The zero-order chi connectivity index (χ0) is 22.1.